The fraction of sp³-hybridized carbons (Fsp3) is 0.333. The minimum atomic E-state index is -0.469. The Morgan fingerprint density at radius 1 is 0.424 bits per heavy atom. The van der Waals surface area contributed by atoms with Crippen molar-refractivity contribution < 1.29 is 19.1 Å². The van der Waals surface area contributed by atoms with Crippen molar-refractivity contribution in [3.8, 4) is 0 Å². The van der Waals surface area contributed by atoms with E-state index in [2.05, 4.69) is 167 Å². The van der Waals surface area contributed by atoms with Crippen LogP contribution in [0.3, 0.4) is 0 Å². The van der Waals surface area contributed by atoms with E-state index in [1.54, 1.807) is 0 Å². The summed E-state index contributed by atoms with van der Waals surface area (Å²) in [6, 6.07) is 34.2. The summed E-state index contributed by atoms with van der Waals surface area (Å²) in [5, 5.41) is 0. The molecule has 0 unspecified atom stereocenters. The molecule has 0 aliphatic carbocycles. The molecule has 4 rings (SSSR count). The Morgan fingerprint density at radius 2 is 0.695 bits per heavy atom. The SMILES string of the molecule is C=CC(=O)OCCN(CCOC(=O)C=C)c1ccc(/C=C/c2ccc(N(CC)CC)cc2)cc1.CCCN(CC)c1ccc(/C=C/c2ccc(N(CC)CC)cc2)cc1. The molecule has 314 valence electrons. The quantitative estimate of drug-likeness (QED) is 0.0418. The maximum absolute atomic E-state index is 11.3. The first-order valence-corrected chi connectivity index (χ1v) is 21.1. The third-order valence-electron chi connectivity index (χ3n) is 9.92. The summed E-state index contributed by atoms with van der Waals surface area (Å²) in [4.78, 5) is 31.8. The van der Waals surface area contributed by atoms with Gasteiger partial charge in [-0.1, -0.05) is 92.9 Å². The lowest BCUT2D eigenvalue weighted by atomic mass is 10.1. The first-order chi connectivity index (χ1) is 28.7. The van der Waals surface area contributed by atoms with Crippen LogP contribution in [0.1, 0.15) is 70.2 Å². The van der Waals surface area contributed by atoms with Crippen LogP contribution in [0.25, 0.3) is 24.3 Å². The van der Waals surface area contributed by atoms with Crippen LogP contribution < -0.4 is 19.6 Å². The number of carbonyl (C=O) groups is 2. The molecule has 0 aromatic heterocycles. The number of anilines is 4. The van der Waals surface area contributed by atoms with E-state index in [1.807, 2.05) is 29.2 Å². The topological polar surface area (TPSA) is 65.6 Å². The lowest BCUT2D eigenvalue weighted by molar-refractivity contribution is -0.137. The maximum atomic E-state index is 11.3. The van der Waals surface area contributed by atoms with Crippen molar-refractivity contribution in [2.24, 2.45) is 0 Å². The number of nitrogens with zero attached hydrogens (tertiary/aromatic N) is 4. The lowest BCUT2D eigenvalue weighted by Gasteiger charge is -2.24. The summed E-state index contributed by atoms with van der Waals surface area (Å²) >= 11 is 0. The van der Waals surface area contributed by atoms with E-state index >= 15 is 0 Å². The van der Waals surface area contributed by atoms with Gasteiger partial charge >= 0.3 is 11.9 Å². The van der Waals surface area contributed by atoms with Crippen molar-refractivity contribution in [1.82, 2.24) is 0 Å². The highest BCUT2D eigenvalue weighted by Crippen LogP contribution is 2.21. The number of rotatable bonds is 23. The molecule has 0 saturated carbocycles. The zero-order chi connectivity index (χ0) is 42.8. The molecule has 0 amide bonds. The van der Waals surface area contributed by atoms with Crippen LogP contribution in [0.4, 0.5) is 22.7 Å². The van der Waals surface area contributed by atoms with Gasteiger partial charge in [0.2, 0.25) is 0 Å². The Kier molecular flexibility index (Phi) is 21.5. The van der Waals surface area contributed by atoms with E-state index in [4.69, 9.17) is 9.47 Å². The molecule has 0 N–H and O–H groups in total. The minimum Gasteiger partial charge on any atom is -0.461 e. The summed E-state index contributed by atoms with van der Waals surface area (Å²) < 4.78 is 10.2. The number of hydrogen-bond acceptors (Lipinski definition) is 8. The van der Waals surface area contributed by atoms with Gasteiger partial charge in [0.1, 0.15) is 13.2 Å². The Morgan fingerprint density at radius 3 is 0.949 bits per heavy atom. The summed E-state index contributed by atoms with van der Waals surface area (Å²) in [6.07, 6.45) is 12.0. The molecule has 0 spiro atoms. The van der Waals surface area contributed by atoms with Crippen molar-refractivity contribution >= 4 is 59.0 Å². The second kappa shape index (κ2) is 26.8. The third-order valence-corrected chi connectivity index (χ3v) is 9.92. The minimum absolute atomic E-state index is 0.200. The van der Waals surface area contributed by atoms with Gasteiger partial charge in [-0.15, -0.1) is 0 Å². The molecule has 0 atom stereocenters. The Bertz CT molecular complexity index is 1850. The fourth-order valence-corrected chi connectivity index (χ4v) is 6.49. The molecule has 4 aromatic carbocycles. The Labute approximate surface area is 354 Å². The van der Waals surface area contributed by atoms with Gasteiger partial charge in [0.15, 0.2) is 0 Å². The zero-order valence-electron chi connectivity index (χ0n) is 36.3. The predicted octanol–water partition coefficient (Wildman–Crippen LogP) is 10.9. The summed E-state index contributed by atoms with van der Waals surface area (Å²) in [6.45, 7) is 27.5. The summed E-state index contributed by atoms with van der Waals surface area (Å²) in [7, 11) is 0. The van der Waals surface area contributed by atoms with Crippen molar-refractivity contribution in [1.29, 1.82) is 0 Å². The molecule has 0 fully saturated rings. The van der Waals surface area contributed by atoms with E-state index in [9.17, 15) is 9.59 Å². The van der Waals surface area contributed by atoms with Crippen molar-refractivity contribution in [2.45, 2.75) is 48.0 Å². The molecule has 8 heteroatoms. The van der Waals surface area contributed by atoms with Crippen molar-refractivity contribution in [3.05, 3.63) is 145 Å². The number of hydrogen-bond donors (Lipinski definition) is 0. The number of carbonyl (C=O) groups excluding carboxylic acids is 2. The molecular formula is C51H66N4O4. The Balaban J connectivity index is 0.000000330. The fourth-order valence-electron chi connectivity index (χ4n) is 6.49. The number of esters is 2. The first kappa shape index (κ1) is 47.4. The highest BCUT2D eigenvalue weighted by molar-refractivity contribution is 5.81. The molecular weight excluding hydrogens is 733 g/mol. The molecule has 0 radical (unpaired) electrons. The highest BCUT2D eigenvalue weighted by Gasteiger charge is 2.10. The number of benzene rings is 4. The van der Waals surface area contributed by atoms with E-state index in [-0.39, 0.29) is 13.2 Å². The molecule has 0 saturated heterocycles. The van der Waals surface area contributed by atoms with E-state index in [0.29, 0.717) is 13.1 Å². The predicted molar refractivity (Wildman–Crippen MR) is 253 cm³/mol. The molecule has 59 heavy (non-hydrogen) atoms. The maximum Gasteiger partial charge on any atom is 0.330 e. The normalized spacial score (nSPS) is 10.7. The lowest BCUT2D eigenvalue weighted by Crippen LogP contribution is -2.31. The van der Waals surface area contributed by atoms with Gasteiger partial charge in [0.25, 0.3) is 0 Å². The first-order valence-electron chi connectivity index (χ1n) is 21.1. The van der Waals surface area contributed by atoms with Gasteiger partial charge < -0.3 is 29.1 Å². The van der Waals surface area contributed by atoms with Crippen LogP contribution in [0, 0.1) is 0 Å². The van der Waals surface area contributed by atoms with Crippen LogP contribution >= 0.6 is 0 Å². The monoisotopic (exact) mass is 799 g/mol. The summed E-state index contributed by atoms with van der Waals surface area (Å²) in [5.74, 6) is -0.938. The molecule has 4 aromatic rings. The molecule has 0 heterocycles. The molecule has 0 aliphatic rings. The van der Waals surface area contributed by atoms with Crippen LogP contribution in [0.15, 0.2) is 122 Å². The van der Waals surface area contributed by atoms with Crippen LogP contribution in [-0.4, -0.2) is 77.5 Å². The van der Waals surface area contributed by atoms with Gasteiger partial charge in [-0.3, -0.25) is 0 Å². The van der Waals surface area contributed by atoms with Crippen molar-refractivity contribution in [2.75, 3.05) is 85.2 Å². The average Bonchev–Trinajstić information content (AvgIpc) is 3.28. The second-order valence-electron chi connectivity index (χ2n) is 13.7. The smallest absolute Gasteiger partial charge is 0.330 e. The van der Waals surface area contributed by atoms with Crippen LogP contribution in [0.2, 0.25) is 0 Å². The largest absolute Gasteiger partial charge is 0.461 e. The van der Waals surface area contributed by atoms with Crippen LogP contribution in [0.5, 0.6) is 0 Å². The van der Waals surface area contributed by atoms with Crippen molar-refractivity contribution in [3.63, 3.8) is 0 Å². The number of ether oxygens (including phenoxy) is 2. The summed E-state index contributed by atoms with van der Waals surface area (Å²) in [5.41, 5.74) is 9.44. The van der Waals surface area contributed by atoms with E-state index < -0.39 is 11.9 Å². The van der Waals surface area contributed by atoms with Gasteiger partial charge in [-0.05, 0) is 112 Å². The molecule has 0 aliphatic heterocycles. The standard InChI is InChI=1S/C28H34N2O4.C23H32N2/c1-5-27(31)33-21-19-30(20-22-34-28(32)6-2)26-17-13-24(14-18-26)10-9-23-11-15-25(16-12-23)29(7-3)8-4;1-5-19-25(8-4)23-17-13-21(14-18-23)10-9-20-11-15-22(16-12-20)24(6-2)7-3/h5-6,9-18H,1-2,7-8,19-22H2,3-4H3;9-18H,5-8,19H2,1-4H3/b2*10-9+. The molecule has 8 nitrogen and oxygen atoms in total. The highest BCUT2D eigenvalue weighted by atomic mass is 16.5. The van der Waals surface area contributed by atoms with Gasteiger partial charge in [-0.2, -0.15) is 0 Å². The third kappa shape index (κ3) is 16.4. The van der Waals surface area contributed by atoms with Gasteiger partial charge in [0, 0.05) is 74.2 Å². The van der Waals surface area contributed by atoms with Gasteiger partial charge in [-0.25, -0.2) is 9.59 Å². The van der Waals surface area contributed by atoms with E-state index in [0.717, 1.165) is 68.2 Å². The molecule has 0 bridgehead atoms. The average molecular weight is 799 g/mol. The Hall–Kier alpha value is -6.02. The zero-order valence-corrected chi connectivity index (χ0v) is 36.3. The van der Waals surface area contributed by atoms with Gasteiger partial charge in [0.05, 0.1) is 13.1 Å². The van der Waals surface area contributed by atoms with Crippen LogP contribution in [-0.2, 0) is 19.1 Å². The second-order valence-corrected chi connectivity index (χ2v) is 13.7. The van der Waals surface area contributed by atoms with E-state index in [1.165, 1.54) is 34.6 Å².